The molecule has 2 heterocycles. The third kappa shape index (κ3) is 8.88. The standard InChI is InChI=1S/C22H44N2O/c1-21(2,3)11-17-23-13-7-19(8-14-23)25-20-9-15-24(16-10-20)18-12-22(4,5)6/h19-20H,7-18H2,1-6H3. The zero-order chi connectivity index (χ0) is 18.5. The zero-order valence-electron chi connectivity index (χ0n) is 17.9. The van der Waals surface area contributed by atoms with Crippen LogP contribution in [-0.2, 0) is 4.74 Å². The summed E-state index contributed by atoms with van der Waals surface area (Å²) >= 11 is 0. The smallest absolute Gasteiger partial charge is 0.0603 e. The second-order valence-electron chi connectivity index (χ2n) is 10.8. The minimum atomic E-state index is 0.453. The van der Waals surface area contributed by atoms with Gasteiger partial charge >= 0.3 is 0 Å². The highest BCUT2D eigenvalue weighted by Crippen LogP contribution is 2.25. The van der Waals surface area contributed by atoms with Gasteiger partial charge in [-0.15, -0.1) is 0 Å². The fraction of sp³-hybridized carbons (Fsp3) is 1.00. The molecule has 2 aliphatic rings. The molecule has 0 bridgehead atoms. The molecule has 0 aromatic rings. The molecular formula is C22H44N2O. The maximum atomic E-state index is 6.47. The summed E-state index contributed by atoms with van der Waals surface area (Å²) in [5, 5.41) is 0. The molecule has 148 valence electrons. The number of rotatable bonds is 6. The summed E-state index contributed by atoms with van der Waals surface area (Å²) in [6, 6.07) is 0. The van der Waals surface area contributed by atoms with Gasteiger partial charge in [0.15, 0.2) is 0 Å². The van der Waals surface area contributed by atoms with Crippen molar-refractivity contribution in [2.24, 2.45) is 10.8 Å². The van der Waals surface area contributed by atoms with Gasteiger partial charge in [0, 0.05) is 26.2 Å². The van der Waals surface area contributed by atoms with E-state index in [1.54, 1.807) is 0 Å². The zero-order valence-corrected chi connectivity index (χ0v) is 17.9. The molecule has 0 unspecified atom stereocenters. The largest absolute Gasteiger partial charge is 0.375 e. The maximum Gasteiger partial charge on any atom is 0.0603 e. The van der Waals surface area contributed by atoms with Gasteiger partial charge in [-0.05, 0) is 62.4 Å². The molecule has 2 fully saturated rings. The van der Waals surface area contributed by atoms with E-state index in [4.69, 9.17) is 4.74 Å². The Kier molecular flexibility index (Phi) is 7.79. The lowest BCUT2D eigenvalue weighted by Crippen LogP contribution is -2.43. The van der Waals surface area contributed by atoms with Crippen LogP contribution in [0.2, 0.25) is 0 Å². The number of piperidine rings is 2. The fourth-order valence-electron chi connectivity index (χ4n) is 3.80. The van der Waals surface area contributed by atoms with Crippen LogP contribution in [0.25, 0.3) is 0 Å². The van der Waals surface area contributed by atoms with Gasteiger partial charge in [-0.25, -0.2) is 0 Å². The van der Waals surface area contributed by atoms with E-state index >= 15 is 0 Å². The van der Waals surface area contributed by atoms with Crippen LogP contribution in [0.5, 0.6) is 0 Å². The summed E-state index contributed by atoms with van der Waals surface area (Å²) in [7, 11) is 0. The predicted molar refractivity (Wildman–Crippen MR) is 108 cm³/mol. The minimum absolute atomic E-state index is 0.453. The van der Waals surface area contributed by atoms with Crippen LogP contribution in [0.15, 0.2) is 0 Å². The van der Waals surface area contributed by atoms with Crippen LogP contribution >= 0.6 is 0 Å². The van der Waals surface area contributed by atoms with Crippen LogP contribution in [0.4, 0.5) is 0 Å². The van der Waals surface area contributed by atoms with Crippen molar-refractivity contribution in [1.82, 2.24) is 9.80 Å². The Bertz CT molecular complexity index is 330. The fourth-order valence-corrected chi connectivity index (χ4v) is 3.80. The van der Waals surface area contributed by atoms with Crippen LogP contribution in [0.1, 0.15) is 80.1 Å². The normalized spacial score (nSPS) is 23.3. The molecule has 0 spiro atoms. The lowest BCUT2D eigenvalue weighted by atomic mass is 9.91. The molecule has 0 N–H and O–H groups in total. The summed E-state index contributed by atoms with van der Waals surface area (Å²) in [6.45, 7) is 21.5. The predicted octanol–water partition coefficient (Wildman–Crippen LogP) is 4.80. The van der Waals surface area contributed by atoms with Crippen molar-refractivity contribution in [3.8, 4) is 0 Å². The van der Waals surface area contributed by atoms with Gasteiger partial charge in [0.25, 0.3) is 0 Å². The van der Waals surface area contributed by atoms with Crippen molar-refractivity contribution in [2.45, 2.75) is 92.3 Å². The first-order chi connectivity index (χ1) is 11.6. The van der Waals surface area contributed by atoms with Crippen molar-refractivity contribution in [1.29, 1.82) is 0 Å². The van der Waals surface area contributed by atoms with Gasteiger partial charge in [-0.3, -0.25) is 0 Å². The Morgan fingerprint density at radius 2 is 0.960 bits per heavy atom. The molecular weight excluding hydrogens is 308 g/mol. The van der Waals surface area contributed by atoms with E-state index in [0.717, 1.165) is 0 Å². The summed E-state index contributed by atoms with van der Waals surface area (Å²) in [5.74, 6) is 0. The highest BCUT2D eigenvalue weighted by molar-refractivity contribution is 4.79. The molecule has 0 radical (unpaired) electrons. The summed E-state index contributed by atoms with van der Waals surface area (Å²) in [4.78, 5) is 5.28. The summed E-state index contributed by atoms with van der Waals surface area (Å²) < 4.78 is 6.47. The number of hydrogen-bond donors (Lipinski definition) is 0. The average molecular weight is 353 g/mol. The van der Waals surface area contributed by atoms with Crippen molar-refractivity contribution >= 4 is 0 Å². The maximum absolute atomic E-state index is 6.47. The minimum Gasteiger partial charge on any atom is -0.375 e. The van der Waals surface area contributed by atoms with Gasteiger partial charge in [0.1, 0.15) is 0 Å². The third-order valence-corrected chi connectivity index (χ3v) is 5.81. The van der Waals surface area contributed by atoms with Gasteiger partial charge in [0.2, 0.25) is 0 Å². The number of hydrogen-bond acceptors (Lipinski definition) is 3. The monoisotopic (exact) mass is 352 g/mol. The van der Waals surface area contributed by atoms with E-state index in [1.807, 2.05) is 0 Å². The quantitative estimate of drug-likeness (QED) is 0.682. The van der Waals surface area contributed by atoms with Crippen molar-refractivity contribution < 1.29 is 4.74 Å². The molecule has 0 aromatic heterocycles. The van der Waals surface area contributed by atoms with Crippen LogP contribution in [-0.4, -0.2) is 61.3 Å². The second kappa shape index (κ2) is 9.19. The van der Waals surface area contributed by atoms with Gasteiger partial charge in [-0.1, -0.05) is 41.5 Å². The van der Waals surface area contributed by atoms with Crippen molar-refractivity contribution in [3.63, 3.8) is 0 Å². The highest BCUT2D eigenvalue weighted by Gasteiger charge is 2.26. The molecule has 25 heavy (non-hydrogen) atoms. The van der Waals surface area contributed by atoms with E-state index in [9.17, 15) is 0 Å². The average Bonchev–Trinajstić information content (AvgIpc) is 2.52. The first kappa shape index (κ1) is 21.2. The summed E-state index contributed by atoms with van der Waals surface area (Å²) in [5.41, 5.74) is 0.905. The Morgan fingerprint density at radius 1 is 0.640 bits per heavy atom. The summed E-state index contributed by atoms with van der Waals surface area (Å²) in [6.07, 6.45) is 8.54. The molecule has 0 amide bonds. The molecule has 2 aliphatic heterocycles. The van der Waals surface area contributed by atoms with E-state index in [0.29, 0.717) is 23.0 Å². The number of likely N-dealkylation sites (tertiary alicyclic amines) is 2. The number of nitrogens with zero attached hydrogens (tertiary/aromatic N) is 2. The molecule has 0 aliphatic carbocycles. The van der Waals surface area contributed by atoms with E-state index in [-0.39, 0.29) is 0 Å². The van der Waals surface area contributed by atoms with Crippen molar-refractivity contribution in [3.05, 3.63) is 0 Å². The van der Waals surface area contributed by atoms with Gasteiger partial charge in [-0.2, -0.15) is 0 Å². The third-order valence-electron chi connectivity index (χ3n) is 5.81. The number of ether oxygens (including phenoxy) is 1. The Morgan fingerprint density at radius 3 is 1.24 bits per heavy atom. The topological polar surface area (TPSA) is 15.7 Å². The molecule has 0 aromatic carbocycles. The lowest BCUT2D eigenvalue weighted by Gasteiger charge is -2.38. The molecule has 3 nitrogen and oxygen atoms in total. The molecule has 3 heteroatoms. The van der Waals surface area contributed by atoms with E-state index in [1.165, 1.54) is 77.8 Å². The SMILES string of the molecule is CC(C)(C)CCN1CCC(OC2CCN(CCC(C)(C)C)CC2)CC1. The van der Waals surface area contributed by atoms with Crippen LogP contribution in [0.3, 0.4) is 0 Å². The van der Waals surface area contributed by atoms with Crippen molar-refractivity contribution in [2.75, 3.05) is 39.3 Å². The van der Waals surface area contributed by atoms with Gasteiger partial charge in [0.05, 0.1) is 12.2 Å². The molecule has 2 saturated heterocycles. The van der Waals surface area contributed by atoms with Crippen LogP contribution in [0, 0.1) is 10.8 Å². The first-order valence-electron chi connectivity index (χ1n) is 10.7. The van der Waals surface area contributed by atoms with Gasteiger partial charge < -0.3 is 14.5 Å². The Hall–Kier alpha value is -0.120. The molecule has 0 atom stereocenters. The molecule has 2 rings (SSSR count). The first-order valence-corrected chi connectivity index (χ1v) is 10.7. The Balaban J connectivity index is 1.59. The Labute approximate surface area is 157 Å². The van der Waals surface area contributed by atoms with Crippen LogP contribution < -0.4 is 0 Å². The van der Waals surface area contributed by atoms with E-state index in [2.05, 4.69) is 51.3 Å². The second-order valence-corrected chi connectivity index (χ2v) is 10.8. The molecule has 0 saturated carbocycles. The highest BCUT2D eigenvalue weighted by atomic mass is 16.5. The van der Waals surface area contributed by atoms with E-state index < -0.39 is 0 Å². The lowest BCUT2D eigenvalue weighted by molar-refractivity contribution is -0.0659.